The topological polar surface area (TPSA) is 59.6 Å². The van der Waals surface area contributed by atoms with Crippen LogP contribution in [0.15, 0.2) is 0 Å². The molecule has 0 fully saturated rings. The van der Waals surface area contributed by atoms with Crippen LogP contribution in [-0.2, 0) is 14.3 Å². The lowest BCUT2D eigenvalue weighted by molar-refractivity contribution is -0.124. The Morgan fingerprint density at radius 1 is 1.00 bits per heavy atom. The molecule has 132 valence electrons. The predicted octanol–water partition coefficient (Wildman–Crippen LogP) is 2.21. The molecule has 0 aromatic rings. The summed E-state index contributed by atoms with van der Waals surface area (Å²) in [6.07, 6.45) is 0.465. The molecule has 0 saturated heterocycles. The molecule has 0 spiro atoms. The molecule has 0 aromatic carbocycles. The second-order valence-electron chi connectivity index (χ2n) is 7.33. The highest BCUT2D eigenvalue weighted by Gasteiger charge is 2.24. The second-order valence-corrected chi connectivity index (χ2v) is 7.33. The van der Waals surface area contributed by atoms with E-state index in [2.05, 4.69) is 45.3 Å². The summed E-state index contributed by atoms with van der Waals surface area (Å²) in [7, 11) is 0. The number of rotatable bonds is 13. The maximum Gasteiger partial charge on any atom is 0.220 e. The normalized spacial score (nSPS) is 12.5. The fourth-order valence-electron chi connectivity index (χ4n) is 2.07. The Bertz CT molecular complexity index is 304. The molecule has 0 aliphatic rings. The molecule has 0 aliphatic heterocycles. The van der Waals surface area contributed by atoms with Gasteiger partial charge in [0.25, 0.3) is 0 Å². The molecule has 0 saturated carbocycles. The van der Waals surface area contributed by atoms with Gasteiger partial charge < -0.3 is 20.1 Å². The van der Waals surface area contributed by atoms with Gasteiger partial charge in [0.05, 0.1) is 19.8 Å². The van der Waals surface area contributed by atoms with Crippen molar-refractivity contribution in [2.24, 2.45) is 10.8 Å². The highest BCUT2D eigenvalue weighted by atomic mass is 16.5. The smallest absolute Gasteiger partial charge is 0.220 e. The van der Waals surface area contributed by atoms with E-state index in [1.165, 1.54) is 0 Å². The molecule has 5 heteroatoms. The first-order valence-electron chi connectivity index (χ1n) is 8.35. The lowest BCUT2D eigenvalue weighted by Gasteiger charge is -2.29. The molecule has 0 atom stereocenters. The molecule has 5 nitrogen and oxygen atoms in total. The summed E-state index contributed by atoms with van der Waals surface area (Å²) in [6, 6.07) is 0. The van der Waals surface area contributed by atoms with Crippen molar-refractivity contribution in [3.05, 3.63) is 0 Å². The molecule has 0 aromatic heterocycles. The molecule has 0 bridgehead atoms. The fraction of sp³-hybridized carbons (Fsp3) is 0.941. The molecular weight excluding hydrogens is 280 g/mol. The van der Waals surface area contributed by atoms with E-state index >= 15 is 0 Å². The third-order valence-corrected chi connectivity index (χ3v) is 3.25. The summed E-state index contributed by atoms with van der Waals surface area (Å²) < 4.78 is 11.1. The highest BCUT2D eigenvalue weighted by molar-refractivity contribution is 5.76. The molecule has 1 amide bonds. The zero-order valence-corrected chi connectivity index (χ0v) is 15.4. The zero-order chi connectivity index (χ0) is 17.1. The van der Waals surface area contributed by atoms with Crippen LogP contribution in [0.4, 0.5) is 0 Å². The van der Waals surface area contributed by atoms with Crippen LogP contribution >= 0.6 is 0 Å². The van der Waals surface area contributed by atoms with Gasteiger partial charge >= 0.3 is 0 Å². The SMILES string of the molecule is CCNCC(C)(C)COCC(C)(C)CC(=O)NCCOCC. The van der Waals surface area contributed by atoms with E-state index in [9.17, 15) is 4.79 Å². The van der Waals surface area contributed by atoms with Gasteiger partial charge in [-0.3, -0.25) is 4.79 Å². The van der Waals surface area contributed by atoms with Crippen molar-refractivity contribution >= 4 is 5.91 Å². The minimum Gasteiger partial charge on any atom is -0.380 e. The van der Waals surface area contributed by atoms with Gasteiger partial charge in [0.1, 0.15) is 0 Å². The molecule has 22 heavy (non-hydrogen) atoms. The van der Waals surface area contributed by atoms with Crippen molar-refractivity contribution in [2.45, 2.75) is 48.0 Å². The summed E-state index contributed by atoms with van der Waals surface area (Å²) in [5.41, 5.74) is -0.0597. The average Bonchev–Trinajstić information content (AvgIpc) is 2.40. The summed E-state index contributed by atoms with van der Waals surface area (Å²) in [5, 5.41) is 6.22. The van der Waals surface area contributed by atoms with Gasteiger partial charge in [-0.15, -0.1) is 0 Å². The van der Waals surface area contributed by atoms with E-state index in [-0.39, 0.29) is 16.7 Å². The molecule has 0 heterocycles. The standard InChI is InChI=1S/C17H36N2O3/c1-7-18-12-17(5,6)14-22-13-16(3,4)11-15(20)19-9-10-21-8-2/h18H,7-14H2,1-6H3,(H,19,20). The van der Waals surface area contributed by atoms with Gasteiger partial charge in [-0.2, -0.15) is 0 Å². The van der Waals surface area contributed by atoms with Crippen LogP contribution in [-0.4, -0.2) is 52.0 Å². The molecular formula is C17H36N2O3. The first-order chi connectivity index (χ1) is 10.2. The van der Waals surface area contributed by atoms with Crippen LogP contribution in [0.2, 0.25) is 0 Å². The molecule has 0 aliphatic carbocycles. The van der Waals surface area contributed by atoms with Crippen LogP contribution in [0, 0.1) is 10.8 Å². The van der Waals surface area contributed by atoms with Crippen LogP contribution in [0.1, 0.15) is 48.0 Å². The van der Waals surface area contributed by atoms with Crippen molar-refractivity contribution in [3.8, 4) is 0 Å². The highest BCUT2D eigenvalue weighted by Crippen LogP contribution is 2.22. The van der Waals surface area contributed by atoms with E-state index in [1.54, 1.807) is 0 Å². The maximum atomic E-state index is 11.9. The van der Waals surface area contributed by atoms with Crippen LogP contribution in [0.5, 0.6) is 0 Å². The Labute approximate surface area is 136 Å². The van der Waals surface area contributed by atoms with Gasteiger partial charge in [-0.25, -0.2) is 0 Å². The molecule has 0 rings (SSSR count). The summed E-state index contributed by atoms with van der Waals surface area (Å²) in [6.45, 7) is 17.5. The van der Waals surface area contributed by atoms with Gasteiger partial charge in [-0.1, -0.05) is 34.6 Å². The van der Waals surface area contributed by atoms with Gasteiger partial charge in [-0.05, 0) is 18.9 Å². The van der Waals surface area contributed by atoms with E-state index in [4.69, 9.17) is 9.47 Å². The number of amides is 1. The molecule has 0 radical (unpaired) electrons. The molecule has 0 unspecified atom stereocenters. The minimum absolute atomic E-state index is 0.0558. The van der Waals surface area contributed by atoms with Crippen LogP contribution < -0.4 is 10.6 Å². The van der Waals surface area contributed by atoms with Crippen molar-refractivity contribution in [3.63, 3.8) is 0 Å². The third-order valence-electron chi connectivity index (χ3n) is 3.25. The Kier molecular flexibility index (Phi) is 10.6. The number of hydrogen-bond acceptors (Lipinski definition) is 4. The largest absolute Gasteiger partial charge is 0.380 e. The van der Waals surface area contributed by atoms with Crippen LogP contribution in [0.25, 0.3) is 0 Å². The quantitative estimate of drug-likeness (QED) is 0.512. The van der Waals surface area contributed by atoms with Gasteiger partial charge in [0.2, 0.25) is 5.91 Å². The predicted molar refractivity (Wildman–Crippen MR) is 91.0 cm³/mol. The van der Waals surface area contributed by atoms with E-state index < -0.39 is 0 Å². The summed E-state index contributed by atoms with van der Waals surface area (Å²) >= 11 is 0. The second kappa shape index (κ2) is 11.0. The Hall–Kier alpha value is -0.650. The van der Waals surface area contributed by atoms with E-state index in [0.29, 0.717) is 39.4 Å². The lowest BCUT2D eigenvalue weighted by atomic mass is 9.89. The number of hydrogen-bond donors (Lipinski definition) is 2. The van der Waals surface area contributed by atoms with Crippen molar-refractivity contribution < 1.29 is 14.3 Å². The third kappa shape index (κ3) is 12.0. The number of ether oxygens (including phenoxy) is 2. The fourth-order valence-corrected chi connectivity index (χ4v) is 2.07. The monoisotopic (exact) mass is 316 g/mol. The van der Waals surface area contributed by atoms with Gasteiger partial charge in [0, 0.05) is 31.5 Å². The maximum absolute atomic E-state index is 11.9. The lowest BCUT2D eigenvalue weighted by Crippen LogP contribution is -2.36. The first kappa shape index (κ1) is 21.4. The first-order valence-corrected chi connectivity index (χ1v) is 8.35. The number of carbonyl (C=O) groups is 1. The van der Waals surface area contributed by atoms with E-state index in [0.717, 1.165) is 13.1 Å². The summed E-state index contributed by atoms with van der Waals surface area (Å²) in [4.78, 5) is 11.9. The Morgan fingerprint density at radius 3 is 2.23 bits per heavy atom. The summed E-state index contributed by atoms with van der Waals surface area (Å²) in [5.74, 6) is 0.0558. The minimum atomic E-state index is -0.163. The number of carbonyl (C=O) groups excluding carboxylic acids is 1. The van der Waals surface area contributed by atoms with Crippen LogP contribution in [0.3, 0.4) is 0 Å². The van der Waals surface area contributed by atoms with Crippen molar-refractivity contribution in [2.75, 3.05) is 46.1 Å². The number of nitrogens with one attached hydrogen (secondary N) is 2. The van der Waals surface area contributed by atoms with E-state index in [1.807, 2.05) is 6.92 Å². The Morgan fingerprint density at radius 2 is 1.64 bits per heavy atom. The van der Waals surface area contributed by atoms with Gasteiger partial charge in [0.15, 0.2) is 0 Å². The van der Waals surface area contributed by atoms with Crippen molar-refractivity contribution in [1.29, 1.82) is 0 Å². The average molecular weight is 316 g/mol. The Balaban J connectivity index is 3.95. The zero-order valence-electron chi connectivity index (χ0n) is 15.4. The van der Waals surface area contributed by atoms with Crippen molar-refractivity contribution in [1.82, 2.24) is 10.6 Å². The molecule has 2 N–H and O–H groups in total.